The van der Waals surface area contributed by atoms with Crippen molar-refractivity contribution >= 4 is 23.4 Å². The lowest BCUT2D eigenvalue weighted by Crippen LogP contribution is -2.27. The fourth-order valence-corrected chi connectivity index (χ4v) is 1.77. The highest BCUT2D eigenvalue weighted by Gasteiger charge is 2.14. The minimum absolute atomic E-state index is 0.0813. The molecule has 1 aromatic carbocycles. The molecule has 0 bridgehead atoms. The minimum atomic E-state index is -0.636. The third-order valence-electron chi connectivity index (χ3n) is 2.45. The fraction of sp³-hybridized carbons (Fsp3) is 0.385. The molecular formula is C13H16ClFN2O2. The predicted octanol–water partition coefficient (Wildman–Crippen LogP) is 2.13. The SMILES string of the molecule is CC(=O)NCCCCNC(=O)c1c(F)cccc1Cl. The fourth-order valence-electron chi connectivity index (χ4n) is 1.52. The van der Waals surface area contributed by atoms with Crippen molar-refractivity contribution in [2.24, 2.45) is 0 Å². The molecule has 0 spiro atoms. The number of amides is 2. The molecule has 6 heteroatoms. The van der Waals surface area contributed by atoms with E-state index >= 15 is 0 Å². The van der Waals surface area contributed by atoms with Gasteiger partial charge >= 0.3 is 0 Å². The van der Waals surface area contributed by atoms with Gasteiger partial charge in [-0.3, -0.25) is 9.59 Å². The summed E-state index contributed by atoms with van der Waals surface area (Å²) in [6, 6.07) is 4.11. The summed E-state index contributed by atoms with van der Waals surface area (Å²) in [6.07, 6.45) is 1.43. The Hall–Kier alpha value is -1.62. The zero-order valence-electron chi connectivity index (χ0n) is 10.6. The largest absolute Gasteiger partial charge is 0.356 e. The Kier molecular flexibility index (Phi) is 6.29. The van der Waals surface area contributed by atoms with Crippen molar-refractivity contribution < 1.29 is 14.0 Å². The highest BCUT2D eigenvalue weighted by atomic mass is 35.5. The zero-order valence-corrected chi connectivity index (χ0v) is 11.4. The maximum absolute atomic E-state index is 13.4. The normalized spacial score (nSPS) is 10.1. The van der Waals surface area contributed by atoms with Gasteiger partial charge in [-0.1, -0.05) is 17.7 Å². The standard InChI is InChI=1S/C13H16ClFN2O2/c1-9(18)16-7-2-3-8-17-13(19)12-10(14)5-4-6-11(12)15/h4-6H,2-3,7-8H2,1H3,(H,16,18)(H,17,19). The highest BCUT2D eigenvalue weighted by Crippen LogP contribution is 2.18. The van der Waals surface area contributed by atoms with E-state index < -0.39 is 11.7 Å². The first kappa shape index (κ1) is 15.4. The van der Waals surface area contributed by atoms with Crippen LogP contribution < -0.4 is 10.6 Å². The molecule has 0 fully saturated rings. The molecule has 1 rings (SSSR count). The molecule has 2 N–H and O–H groups in total. The maximum atomic E-state index is 13.4. The molecule has 0 aliphatic heterocycles. The van der Waals surface area contributed by atoms with Crippen molar-refractivity contribution in [2.45, 2.75) is 19.8 Å². The molecule has 0 saturated heterocycles. The van der Waals surface area contributed by atoms with Gasteiger partial charge in [-0.15, -0.1) is 0 Å². The molecule has 1 aromatic rings. The Balaban J connectivity index is 2.34. The van der Waals surface area contributed by atoms with Gasteiger partial charge in [-0.2, -0.15) is 0 Å². The predicted molar refractivity (Wildman–Crippen MR) is 71.7 cm³/mol. The van der Waals surface area contributed by atoms with Crippen molar-refractivity contribution in [3.05, 3.63) is 34.6 Å². The molecule has 104 valence electrons. The van der Waals surface area contributed by atoms with Crippen molar-refractivity contribution in [3.63, 3.8) is 0 Å². The number of rotatable bonds is 6. The number of halogens is 2. The third-order valence-corrected chi connectivity index (χ3v) is 2.77. The van der Waals surface area contributed by atoms with Gasteiger partial charge in [0.05, 0.1) is 10.6 Å². The lowest BCUT2D eigenvalue weighted by Gasteiger charge is -2.07. The highest BCUT2D eigenvalue weighted by molar-refractivity contribution is 6.33. The van der Waals surface area contributed by atoms with Crippen molar-refractivity contribution in [1.82, 2.24) is 10.6 Å². The summed E-state index contributed by atoms with van der Waals surface area (Å²) in [5, 5.41) is 5.34. The third kappa shape index (κ3) is 5.26. The summed E-state index contributed by atoms with van der Waals surface area (Å²) in [5.41, 5.74) is -0.133. The Bertz CT molecular complexity index is 446. The van der Waals surface area contributed by atoms with Crippen LogP contribution in [0.25, 0.3) is 0 Å². The smallest absolute Gasteiger partial charge is 0.255 e. The summed E-state index contributed by atoms with van der Waals surface area (Å²) in [7, 11) is 0. The van der Waals surface area contributed by atoms with E-state index in [0.717, 1.165) is 6.42 Å². The van der Waals surface area contributed by atoms with E-state index in [0.29, 0.717) is 19.5 Å². The summed E-state index contributed by atoms with van der Waals surface area (Å²) in [6.45, 7) is 2.41. The monoisotopic (exact) mass is 286 g/mol. The Morgan fingerprint density at radius 2 is 1.84 bits per heavy atom. The van der Waals surface area contributed by atoms with Crippen LogP contribution in [0.5, 0.6) is 0 Å². The van der Waals surface area contributed by atoms with Crippen LogP contribution in [0.15, 0.2) is 18.2 Å². The lowest BCUT2D eigenvalue weighted by molar-refractivity contribution is -0.118. The quantitative estimate of drug-likeness (QED) is 0.787. The second-order valence-electron chi connectivity index (χ2n) is 4.04. The van der Waals surface area contributed by atoms with Gasteiger partial charge < -0.3 is 10.6 Å². The summed E-state index contributed by atoms with van der Waals surface area (Å²) >= 11 is 5.77. The van der Waals surface area contributed by atoms with Crippen molar-refractivity contribution in [2.75, 3.05) is 13.1 Å². The van der Waals surface area contributed by atoms with Crippen LogP contribution in [0.3, 0.4) is 0 Å². The Morgan fingerprint density at radius 3 is 2.42 bits per heavy atom. The van der Waals surface area contributed by atoms with E-state index in [1.807, 2.05) is 0 Å². The van der Waals surface area contributed by atoms with Gasteiger partial charge in [0.2, 0.25) is 5.91 Å². The molecule has 0 aliphatic carbocycles. The number of hydrogen-bond acceptors (Lipinski definition) is 2. The van der Waals surface area contributed by atoms with Gasteiger partial charge in [0.1, 0.15) is 5.82 Å². The van der Waals surface area contributed by atoms with Crippen LogP contribution in [0, 0.1) is 5.82 Å². The number of carbonyl (C=O) groups is 2. The summed E-state index contributed by atoms with van der Waals surface area (Å²) < 4.78 is 13.4. The molecule has 0 radical (unpaired) electrons. The first-order chi connectivity index (χ1) is 9.02. The van der Waals surface area contributed by atoms with Gasteiger partial charge in [-0.25, -0.2) is 4.39 Å². The Morgan fingerprint density at radius 1 is 1.21 bits per heavy atom. The minimum Gasteiger partial charge on any atom is -0.356 e. The van der Waals surface area contributed by atoms with E-state index in [4.69, 9.17) is 11.6 Å². The van der Waals surface area contributed by atoms with E-state index in [-0.39, 0.29) is 16.5 Å². The summed E-state index contributed by atoms with van der Waals surface area (Å²) in [5.74, 6) is -1.24. The van der Waals surface area contributed by atoms with E-state index in [1.165, 1.54) is 25.1 Å². The van der Waals surface area contributed by atoms with Crippen LogP contribution in [0.2, 0.25) is 5.02 Å². The second-order valence-corrected chi connectivity index (χ2v) is 4.45. The maximum Gasteiger partial charge on any atom is 0.255 e. The topological polar surface area (TPSA) is 58.2 Å². The van der Waals surface area contributed by atoms with Crippen LogP contribution in [-0.2, 0) is 4.79 Å². The number of carbonyl (C=O) groups excluding carboxylic acids is 2. The zero-order chi connectivity index (χ0) is 14.3. The van der Waals surface area contributed by atoms with Crippen LogP contribution in [0.1, 0.15) is 30.1 Å². The second kappa shape index (κ2) is 7.74. The van der Waals surface area contributed by atoms with Gasteiger partial charge in [-0.05, 0) is 25.0 Å². The molecule has 0 aromatic heterocycles. The number of hydrogen-bond donors (Lipinski definition) is 2. The first-order valence-electron chi connectivity index (χ1n) is 5.99. The van der Waals surface area contributed by atoms with E-state index in [1.54, 1.807) is 0 Å². The molecule has 0 unspecified atom stereocenters. The average Bonchev–Trinajstić information content (AvgIpc) is 2.33. The molecule has 2 amide bonds. The first-order valence-corrected chi connectivity index (χ1v) is 6.37. The van der Waals surface area contributed by atoms with Gasteiger partial charge in [0.15, 0.2) is 0 Å². The molecule has 0 atom stereocenters. The lowest BCUT2D eigenvalue weighted by atomic mass is 10.2. The molecule has 4 nitrogen and oxygen atoms in total. The van der Waals surface area contributed by atoms with Crippen LogP contribution in [0.4, 0.5) is 4.39 Å². The van der Waals surface area contributed by atoms with E-state index in [9.17, 15) is 14.0 Å². The van der Waals surface area contributed by atoms with Crippen LogP contribution in [-0.4, -0.2) is 24.9 Å². The molecule has 19 heavy (non-hydrogen) atoms. The molecule has 0 aliphatic rings. The van der Waals surface area contributed by atoms with Gasteiger partial charge in [0, 0.05) is 20.0 Å². The number of nitrogens with one attached hydrogen (secondary N) is 2. The van der Waals surface area contributed by atoms with Crippen molar-refractivity contribution in [3.8, 4) is 0 Å². The number of benzene rings is 1. The van der Waals surface area contributed by atoms with E-state index in [2.05, 4.69) is 10.6 Å². The summed E-state index contributed by atoms with van der Waals surface area (Å²) in [4.78, 5) is 22.3. The van der Waals surface area contributed by atoms with Crippen LogP contribution >= 0.6 is 11.6 Å². The molecular weight excluding hydrogens is 271 g/mol. The molecule has 0 saturated carbocycles. The number of unbranched alkanes of at least 4 members (excludes halogenated alkanes) is 1. The molecule has 0 heterocycles. The van der Waals surface area contributed by atoms with Crippen molar-refractivity contribution in [1.29, 1.82) is 0 Å². The average molecular weight is 287 g/mol. The van der Waals surface area contributed by atoms with Gasteiger partial charge in [0.25, 0.3) is 5.91 Å². The Labute approximate surface area is 116 Å².